The highest BCUT2D eigenvalue weighted by atomic mass is 15.1. The molecule has 0 radical (unpaired) electrons. The number of nitrogens with zero attached hydrogens (tertiary/aromatic N) is 3. The quantitative estimate of drug-likeness (QED) is 0.842. The summed E-state index contributed by atoms with van der Waals surface area (Å²) >= 11 is 0. The molecule has 0 spiro atoms. The monoisotopic (exact) mass is 253 g/mol. The van der Waals surface area contributed by atoms with E-state index in [-0.39, 0.29) is 0 Å². The van der Waals surface area contributed by atoms with Gasteiger partial charge in [0.25, 0.3) is 0 Å². The van der Waals surface area contributed by atoms with Gasteiger partial charge in [-0.15, -0.1) is 0 Å². The van der Waals surface area contributed by atoms with Gasteiger partial charge in [0.2, 0.25) is 0 Å². The Labute approximate surface area is 114 Å². The van der Waals surface area contributed by atoms with E-state index in [2.05, 4.69) is 38.1 Å². The van der Waals surface area contributed by atoms with Crippen molar-refractivity contribution < 1.29 is 0 Å². The van der Waals surface area contributed by atoms with Gasteiger partial charge in [0, 0.05) is 25.9 Å². The van der Waals surface area contributed by atoms with Crippen LogP contribution in [-0.4, -0.2) is 19.1 Å². The molecule has 3 heteroatoms. The fourth-order valence-electron chi connectivity index (χ4n) is 2.24. The molecule has 0 atom stereocenters. The number of rotatable bonds is 3. The molecule has 19 heavy (non-hydrogen) atoms. The van der Waals surface area contributed by atoms with Gasteiger partial charge in [-0.1, -0.05) is 0 Å². The Hall–Kier alpha value is -2.08. The number of nitriles is 1. The lowest BCUT2D eigenvalue weighted by atomic mass is 10.0. The average molecular weight is 253 g/mol. The van der Waals surface area contributed by atoms with Crippen LogP contribution in [0.5, 0.6) is 0 Å². The summed E-state index contributed by atoms with van der Waals surface area (Å²) in [7, 11) is 3.98. The summed E-state index contributed by atoms with van der Waals surface area (Å²) in [6, 6.07) is 8.68. The van der Waals surface area contributed by atoms with E-state index in [9.17, 15) is 0 Å². The highest BCUT2D eigenvalue weighted by molar-refractivity contribution is 5.83. The number of hydrogen-bond donors (Lipinski definition) is 0. The summed E-state index contributed by atoms with van der Waals surface area (Å²) in [6.45, 7) is 4.22. The van der Waals surface area contributed by atoms with Gasteiger partial charge in [-0.25, -0.2) is 4.98 Å². The molecule has 3 nitrogen and oxygen atoms in total. The fraction of sp³-hybridized carbons (Fsp3) is 0.375. The van der Waals surface area contributed by atoms with Gasteiger partial charge < -0.3 is 4.90 Å². The largest absolute Gasteiger partial charge is 0.362 e. The summed E-state index contributed by atoms with van der Waals surface area (Å²) < 4.78 is 0. The first-order valence-corrected chi connectivity index (χ1v) is 6.48. The third kappa shape index (κ3) is 2.68. The first kappa shape index (κ1) is 13.4. The van der Waals surface area contributed by atoms with Crippen molar-refractivity contribution in [1.29, 1.82) is 5.26 Å². The van der Waals surface area contributed by atoms with Crippen molar-refractivity contribution in [3.8, 4) is 6.07 Å². The van der Waals surface area contributed by atoms with Gasteiger partial charge in [-0.05, 0) is 55.2 Å². The lowest BCUT2D eigenvalue weighted by Crippen LogP contribution is -2.13. The Morgan fingerprint density at radius 1 is 1.16 bits per heavy atom. The normalized spacial score (nSPS) is 10.5. The molecule has 0 unspecified atom stereocenters. The Bertz CT molecular complexity index is 651. The molecular formula is C16H19N3. The van der Waals surface area contributed by atoms with Crippen molar-refractivity contribution in [1.82, 2.24) is 4.98 Å². The molecule has 98 valence electrons. The maximum absolute atomic E-state index is 8.77. The molecule has 0 aliphatic rings. The second-order valence-corrected chi connectivity index (χ2v) is 5.15. The smallest absolute Gasteiger partial charge is 0.131 e. The number of anilines is 1. The van der Waals surface area contributed by atoms with Crippen LogP contribution >= 0.6 is 0 Å². The van der Waals surface area contributed by atoms with Crippen molar-refractivity contribution in [2.45, 2.75) is 26.7 Å². The van der Waals surface area contributed by atoms with Crippen LogP contribution in [0, 0.1) is 25.2 Å². The number of pyridine rings is 1. The first-order valence-electron chi connectivity index (χ1n) is 6.48. The molecule has 0 N–H and O–H groups in total. The van der Waals surface area contributed by atoms with Gasteiger partial charge in [-0.2, -0.15) is 5.26 Å². The zero-order valence-electron chi connectivity index (χ0n) is 12.0. The van der Waals surface area contributed by atoms with Crippen LogP contribution in [0.1, 0.15) is 23.1 Å². The van der Waals surface area contributed by atoms with Gasteiger partial charge in [0.15, 0.2) is 0 Å². The summed E-state index contributed by atoms with van der Waals surface area (Å²) in [5, 5.41) is 9.92. The summed E-state index contributed by atoms with van der Waals surface area (Å²) in [5.74, 6) is 0.964. The molecule has 0 aliphatic carbocycles. The van der Waals surface area contributed by atoms with Crippen molar-refractivity contribution in [2.24, 2.45) is 0 Å². The van der Waals surface area contributed by atoms with Crippen LogP contribution in [0.25, 0.3) is 10.9 Å². The molecule has 2 rings (SSSR count). The SMILES string of the molecule is Cc1cc2cc(CCC#N)c(N(C)C)nc2cc1C. The summed E-state index contributed by atoms with van der Waals surface area (Å²) in [6.07, 6.45) is 1.28. The number of aryl methyl sites for hydroxylation is 3. The van der Waals surface area contributed by atoms with Crippen LogP contribution in [0.2, 0.25) is 0 Å². The van der Waals surface area contributed by atoms with Gasteiger partial charge in [0.1, 0.15) is 5.82 Å². The molecule has 1 aromatic heterocycles. The molecule has 0 fully saturated rings. The second kappa shape index (κ2) is 5.27. The van der Waals surface area contributed by atoms with E-state index in [1.165, 1.54) is 11.1 Å². The third-order valence-electron chi connectivity index (χ3n) is 3.42. The maximum atomic E-state index is 8.77. The zero-order chi connectivity index (χ0) is 14.0. The second-order valence-electron chi connectivity index (χ2n) is 5.15. The van der Waals surface area contributed by atoms with Gasteiger partial charge in [-0.3, -0.25) is 0 Å². The maximum Gasteiger partial charge on any atom is 0.131 e. The number of benzene rings is 1. The van der Waals surface area contributed by atoms with Crippen molar-refractivity contribution >= 4 is 16.7 Å². The van der Waals surface area contributed by atoms with Gasteiger partial charge >= 0.3 is 0 Å². The van der Waals surface area contributed by atoms with Crippen LogP contribution in [0.4, 0.5) is 5.82 Å². The summed E-state index contributed by atoms with van der Waals surface area (Å²) in [5.41, 5.74) is 4.70. The van der Waals surface area contributed by atoms with Crippen LogP contribution in [-0.2, 0) is 6.42 Å². The van der Waals surface area contributed by atoms with Crippen LogP contribution in [0.15, 0.2) is 18.2 Å². The minimum Gasteiger partial charge on any atom is -0.362 e. The standard InChI is InChI=1S/C16H19N3/c1-11-8-14-10-13(6-5-7-17)16(19(3)4)18-15(14)9-12(11)2/h8-10H,5-6H2,1-4H3. The molecule has 0 amide bonds. The predicted octanol–water partition coefficient (Wildman–Crippen LogP) is 3.37. The molecular weight excluding hydrogens is 234 g/mol. The lowest BCUT2D eigenvalue weighted by molar-refractivity contribution is 0.968. The highest BCUT2D eigenvalue weighted by Gasteiger charge is 2.09. The van der Waals surface area contributed by atoms with E-state index >= 15 is 0 Å². The number of fused-ring (bicyclic) bond motifs is 1. The van der Waals surface area contributed by atoms with Crippen molar-refractivity contribution in [2.75, 3.05) is 19.0 Å². The minimum absolute atomic E-state index is 0.527. The topological polar surface area (TPSA) is 39.9 Å². The Balaban J connectivity index is 2.62. The minimum atomic E-state index is 0.527. The van der Waals surface area contributed by atoms with E-state index < -0.39 is 0 Å². The van der Waals surface area contributed by atoms with E-state index in [1.807, 2.05) is 19.0 Å². The highest BCUT2D eigenvalue weighted by Crippen LogP contribution is 2.25. The van der Waals surface area contributed by atoms with Crippen LogP contribution < -0.4 is 4.90 Å². The van der Waals surface area contributed by atoms with E-state index in [4.69, 9.17) is 10.2 Å². The number of aromatic nitrogens is 1. The van der Waals surface area contributed by atoms with Gasteiger partial charge in [0.05, 0.1) is 11.6 Å². The molecule has 0 bridgehead atoms. The molecule has 2 aromatic rings. The molecule has 1 aromatic carbocycles. The lowest BCUT2D eigenvalue weighted by Gasteiger charge is -2.17. The molecule has 0 saturated carbocycles. The predicted molar refractivity (Wildman–Crippen MR) is 79.5 cm³/mol. The Morgan fingerprint density at radius 2 is 1.84 bits per heavy atom. The molecule has 1 heterocycles. The number of hydrogen-bond acceptors (Lipinski definition) is 3. The van der Waals surface area contributed by atoms with Crippen LogP contribution in [0.3, 0.4) is 0 Å². The summed E-state index contributed by atoms with van der Waals surface area (Å²) in [4.78, 5) is 6.76. The zero-order valence-corrected chi connectivity index (χ0v) is 12.0. The average Bonchev–Trinajstić information content (AvgIpc) is 2.36. The van der Waals surface area contributed by atoms with E-state index in [0.717, 1.165) is 28.7 Å². The fourth-order valence-corrected chi connectivity index (χ4v) is 2.24. The Morgan fingerprint density at radius 3 is 2.47 bits per heavy atom. The molecule has 0 aliphatic heterocycles. The third-order valence-corrected chi connectivity index (χ3v) is 3.42. The van der Waals surface area contributed by atoms with Crippen molar-refractivity contribution in [3.63, 3.8) is 0 Å². The van der Waals surface area contributed by atoms with Crippen molar-refractivity contribution in [3.05, 3.63) is 34.9 Å². The van der Waals surface area contributed by atoms with E-state index in [1.54, 1.807) is 0 Å². The molecule has 0 saturated heterocycles. The Kier molecular flexibility index (Phi) is 3.71. The first-order chi connectivity index (χ1) is 9.02. The van der Waals surface area contributed by atoms with E-state index in [0.29, 0.717) is 6.42 Å².